The predicted octanol–water partition coefficient (Wildman–Crippen LogP) is 2.05. The summed E-state index contributed by atoms with van der Waals surface area (Å²) in [5.41, 5.74) is -0.643. The summed E-state index contributed by atoms with van der Waals surface area (Å²) in [5, 5.41) is 40.2. The third-order valence-electron chi connectivity index (χ3n) is 16.2. The maximum Gasteiger partial charge on any atom is 0.488 e. The molecule has 0 saturated carbocycles. The number of nitrogens with one attached hydrogen (secondary N) is 3. The van der Waals surface area contributed by atoms with Crippen molar-refractivity contribution in [3.8, 4) is 0 Å². The van der Waals surface area contributed by atoms with Crippen molar-refractivity contribution in [3.05, 3.63) is 65.7 Å². The second-order valence-electron chi connectivity index (χ2n) is 24.3. The van der Waals surface area contributed by atoms with E-state index in [1.165, 1.54) is 68.9 Å². The largest absolute Gasteiger partial charge is 0.488 e. The Morgan fingerprint density at radius 1 is 0.610 bits per heavy atom. The number of likely N-dealkylation sites (N-methyl/N-ethyl adjacent to an activating group) is 4. The van der Waals surface area contributed by atoms with E-state index in [1.807, 2.05) is 20.8 Å². The molecule has 2 aromatic rings. The van der Waals surface area contributed by atoms with Gasteiger partial charge >= 0.3 is 13.1 Å². The number of hydrogen-bond donors (Lipinski definition) is 6. The van der Waals surface area contributed by atoms with Gasteiger partial charge in [0, 0.05) is 53.5 Å². The van der Waals surface area contributed by atoms with Crippen LogP contribution in [0, 0.1) is 29.6 Å². The average Bonchev–Trinajstić information content (AvgIpc) is 4.02. The van der Waals surface area contributed by atoms with Crippen molar-refractivity contribution in [2.75, 3.05) is 34.7 Å². The zero-order valence-electron chi connectivity index (χ0n) is 51.2. The van der Waals surface area contributed by atoms with Crippen LogP contribution < -0.4 is 21.4 Å². The van der Waals surface area contributed by atoms with Crippen LogP contribution in [0.3, 0.4) is 0 Å². The molecule has 0 radical (unpaired) electrons. The number of ether oxygens (including phenoxy) is 1. The molecule has 22 heteroatoms. The van der Waals surface area contributed by atoms with Crippen LogP contribution in [0.15, 0.2) is 54.6 Å². The van der Waals surface area contributed by atoms with E-state index >= 15 is 9.59 Å². The van der Waals surface area contributed by atoms with E-state index < -0.39 is 144 Å². The Hall–Kier alpha value is -6.39. The van der Waals surface area contributed by atoms with Crippen LogP contribution in [0.1, 0.15) is 126 Å². The number of aliphatic hydroxyl groups is 1. The lowest BCUT2D eigenvalue weighted by molar-refractivity contribution is -0.177. The molecular weight excluding hydrogens is 1050 g/mol. The summed E-state index contributed by atoms with van der Waals surface area (Å²) in [4.78, 5) is 141. The van der Waals surface area contributed by atoms with Crippen LogP contribution in [-0.4, -0.2) is 195 Å². The first-order chi connectivity index (χ1) is 38.3. The van der Waals surface area contributed by atoms with Gasteiger partial charge in [0.1, 0.15) is 42.3 Å². The fraction of sp³-hybridized carbons (Fsp3) is 0.650. The maximum atomic E-state index is 15.4. The number of carbonyl (C=O) groups excluding carboxylic acids is 9. The first-order valence-electron chi connectivity index (χ1n) is 29.0. The molecule has 2 aromatic carbocycles. The molecule has 2 aliphatic rings. The van der Waals surface area contributed by atoms with Crippen molar-refractivity contribution in [2.24, 2.45) is 29.6 Å². The molecule has 11 atom stereocenters. The highest BCUT2D eigenvalue weighted by atomic mass is 16.6. The molecule has 2 unspecified atom stereocenters. The molecule has 2 fully saturated rings. The van der Waals surface area contributed by atoms with Gasteiger partial charge in [-0.25, -0.2) is 4.79 Å². The van der Waals surface area contributed by atoms with Gasteiger partial charge in [-0.05, 0) is 79.8 Å². The van der Waals surface area contributed by atoms with Crippen LogP contribution in [0.2, 0.25) is 0 Å². The lowest BCUT2D eigenvalue weighted by atomic mass is 9.80. The van der Waals surface area contributed by atoms with E-state index in [-0.39, 0.29) is 43.6 Å². The molecule has 0 aromatic heterocycles. The molecule has 0 spiro atoms. The second-order valence-corrected chi connectivity index (χ2v) is 24.3. The summed E-state index contributed by atoms with van der Waals surface area (Å²) in [6.45, 7) is 20.3. The van der Waals surface area contributed by atoms with Gasteiger partial charge in [-0.15, -0.1) is 0 Å². The summed E-state index contributed by atoms with van der Waals surface area (Å²) in [7, 11) is 3.76. The van der Waals surface area contributed by atoms with Crippen LogP contribution in [0.4, 0.5) is 0 Å². The Morgan fingerprint density at radius 3 is 1.62 bits per heavy atom. The fourth-order valence-corrected chi connectivity index (χ4v) is 11.2. The molecular formula is C60H93BN8O13. The highest BCUT2D eigenvalue weighted by molar-refractivity contribution is 6.58. The van der Waals surface area contributed by atoms with Gasteiger partial charge in [0.25, 0.3) is 5.91 Å². The Balaban J connectivity index is 2.00. The number of hydrogen-bond acceptors (Lipinski definition) is 13. The summed E-state index contributed by atoms with van der Waals surface area (Å²) >= 11 is 0. The number of benzene rings is 2. The van der Waals surface area contributed by atoms with Crippen molar-refractivity contribution in [1.82, 2.24) is 40.4 Å². The maximum absolute atomic E-state index is 15.4. The number of cyclic esters (lactones) is 1. The molecule has 6 N–H and O–H groups in total. The zero-order valence-corrected chi connectivity index (χ0v) is 51.2. The lowest BCUT2D eigenvalue weighted by Gasteiger charge is -2.39. The average molecular weight is 1150 g/mol. The van der Waals surface area contributed by atoms with Crippen LogP contribution in [0.5, 0.6) is 0 Å². The number of esters is 1. The third kappa shape index (κ3) is 16.9. The number of amides is 8. The minimum Gasteiger partial charge on any atom is -0.450 e. The normalized spacial score (nSPS) is 26.0. The molecule has 8 amide bonds. The predicted molar refractivity (Wildman–Crippen MR) is 311 cm³/mol. The quantitative estimate of drug-likeness (QED) is 0.117. The van der Waals surface area contributed by atoms with Gasteiger partial charge in [0.15, 0.2) is 12.1 Å². The lowest BCUT2D eigenvalue weighted by Crippen LogP contribution is -2.63. The SMILES string of the molecule is CCC(C)[C@@H]1NC(=O)[C@@H]2CCCN2C(=O)[C@H](Cc2ccc(B(O)O)cc2)N(C)C(=O)[C@H](Cc2ccccc2)NC(=O)[C@H](C(C)C)N(C)C(=O)[C@@H](C(C)CC)OC(=O)[C@H](C(C)(C)O)N(C)C(=O)[C@H](CC(C)C)NC(=O)[C@H](C(C)C)N(C)C1=O. The highest BCUT2D eigenvalue weighted by Gasteiger charge is 2.48. The molecule has 4 rings (SSSR count). The Morgan fingerprint density at radius 2 is 1.12 bits per heavy atom. The molecule has 21 nitrogen and oxygen atoms in total. The van der Waals surface area contributed by atoms with Crippen molar-refractivity contribution in [3.63, 3.8) is 0 Å². The topological polar surface area (TPSA) is 276 Å². The number of nitrogens with zero attached hydrogens (tertiary/aromatic N) is 5. The van der Waals surface area contributed by atoms with Gasteiger partial charge < -0.3 is 60.3 Å². The molecule has 2 heterocycles. The minimum atomic E-state index is -1.99. The molecule has 2 saturated heterocycles. The third-order valence-corrected chi connectivity index (χ3v) is 16.2. The highest BCUT2D eigenvalue weighted by Crippen LogP contribution is 2.27. The van der Waals surface area contributed by atoms with E-state index in [9.17, 15) is 48.7 Å². The number of carbonyl (C=O) groups is 9. The molecule has 454 valence electrons. The standard InChI is InChI=1S/C60H93BN8O13/c1-17-37(9)46-57(76)66(14)47(35(5)6)52(71)62-42(31-34(3)4)55(74)68(16)50(60(11,12)79)59(78)82-49(38(10)18-2)58(77)67(15)48(36(7)8)53(72)63-43(32-39-23-20-19-21-24-39)54(73)65(13)45(33-40-26-28-41(29-27-40)61(80)81)56(75)69-30-22-25-44(69)51(70)64-46/h19-21,23-24,26-29,34-38,42-50,79-81H,17-18,22,25,30-33H2,1-16H3,(H,62,71)(H,63,72)(H,64,70)/t37?,38?,42-,43-,44-,45-,46-,47-,48-,49+,50+/m0/s1. The summed E-state index contributed by atoms with van der Waals surface area (Å²) in [6, 6.07) is 4.50. The zero-order chi connectivity index (χ0) is 61.8. The molecule has 82 heavy (non-hydrogen) atoms. The van der Waals surface area contributed by atoms with E-state index in [4.69, 9.17) is 4.74 Å². The van der Waals surface area contributed by atoms with Crippen LogP contribution in [0.25, 0.3) is 0 Å². The van der Waals surface area contributed by atoms with E-state index in [2.05, 4.69) is 16.0 Å². The molecule has 2 aliphatic heterocycles. The summed E-state index contributed by atoms with van der Waals surface area (Å²) in [5.74, 6) is -9.20. The summed E-state index contributed by atoms with van der Waals surface area (Å²) in [6.07, 6.45) is -0.344. The van der Waals surface area contributed by atoms with Gasteiger partial charge in [0.2, 0.25) is 41.4 Å². The van der Waals surface area contributed by atoms with Gasteiger partial charge in [-0.3, -0.25) is 38.4 Å². The number of fused-ring (bicyclic) bond motifs is 1. The smallest absolute Gasteiger partial charge is 0.450 e. The van der Waals surface area contributed by atoms with Crippen molar-refractivity contribution < 1.29 is 63.0 Å². The Kier molecular flexibility index (Phi) is 24.7. The van der Waals surface area contributed by atoms with Crippen LogP contribution >= 0.6 is 0 Å². The Bertz CT molecular complexity index is 2540. The van der Waals surface area contributed by atoms with Crippen LogP contribution in [-0.2, 0) is 60.7 Å². The second kappa shape index (κ2) is 29.7. The molecule has 0 aliphatic carbocycles. The number of rotatable bonds is 14. The monoisotopic (exact) mass is 1140 g/mol. The fourth-order valence-electron chi connectivity index (χ4n) is 11.2. The van der Waals surface area contributed by atoms with E-state index in [0.717, 1.165) is 9.80 Å². The first kappa shape index (κ1) is 68.1. The Labute approximate surface area is 485 Å². The summed E-state index contributed by atoms with van der Waals surface area (Å²) < 4.78 is 6.09. The first-order valence-corrected chi connectivity index (χ1v) is 29.0. The van der Waals surface area contributed by atoms with Crippen molar-refractivity contribution in [1.29, 1.82) is 0 Å². The van der Waals surface area contributed by atoms with E-state index in [1.54, 1.807) is 90.9 Å². The van der Waals surface area contributed by atoms with Crippen molar-refractivity contribution in [2.45, 2.75) is 188 Å². The molecule has 0 bridgehead atoms. The van der Waals surface area contributed by atoms with E-state index in [0.29, 0.717) is 30.4 Å². The van der Waals surface area contributed by atoms with Gasteiger partial charge in [-0.2, -0.15) is 0 Å². The van der Waals surface area contributed by atoms with Crippen molar-refractivity contribution >= 4 is 65.8 Å². The van der Waals surface area contributed by atoms with Gasteiger partial charge in [0.05, 0.1) is 5.60 Å². The minimum absolute atomic E-state index is 0.0645. The van der Waals surface area contributed by atoms with Gasteiger partial charge in [-0.1, -0.05) is 130 Å².